The second-order valence-corrected chi connectivity index (χ2v) is 9.03. The van der Waals surface area contributed by atoms with E-state index in [1.165, 1.54) is 22.0 Å². The number of alkyl halides is 1. The molecule has 10 heteroatoms. The monoisotopic (exact) mass is 454 g/mol. The van der Waals surface area contributed by atoms with Crippen LogP contribution in [0.5, 0.6) is 0 Å². The molecule has 3 rings (SSSR count). The van der Waals surface area contributed by atoms with Crippen molar-refractivity contribution in [3.8, 4) is 0 Å². The van der Waals surface area contributed by atoms with Crippen molar-refractivity contribution in [1.82, 2.24) is 9.91 Å². The molecular weight excluding hydrogens is 430 g/mol. The predicted octanol–water partition coefficient (Wildman–Crippen LogP) is 3.26. The fourth-order valence-electron chi connectivity index (χ4n) is 3.51. The first-order valence-corrected chi connectivity index (χ1v) is 10.2. The fourth-order valence-corrected chi connectivity index (χ4v) is 3.69. The highest BCUT2D eigenvalue weighted by Crippen LogP contribution is 2.34. The Labute approximate surface area is 184 Å². The molecule has 2 aliphatic heterocycles. The number of amides is 2. The lowest BCUT2D eigenvalue weighted by Gasteiger charge is -2.27. The molecule has 31 heavy (non-hydrogen) atoms. The van der Waals surface area contributed by atoms with Crippen molar-refractivity contribution in [2.75, 3.05) is 19.8 Å². The summed E-state index contributed by atoms with van der Waals surface area (Å²) in [6.45, 7) is 6.38. The van der Waals surface area contributed by atoms with Crippen molar-refractivity contribution in [1.29, 1.82) is 0 Å². The zero-order valence-electron chi connectivity index (χ0n) is 17.8. The van der Waals surface area contributed by atoms with E-state index in [4.69, 9.17) is 22.1 Å². The molecule has 2 atom stereocenters. The van der Waals surface area contributed by atoms with Gasteiger partial charge in [0.15, 0.2) is 0 Å². The first-order valence-electron chi connectivity index (χ1n) is 9.79. The third kappa shape index (κ3) is 4.98. The zero-order chi connectivity index (χ0) is 23.1. The average Bonchev–Trinajstić information content (AvgIpc) is 3.30. The van der Waals surface area contributed by atoms with Crippen molar-refractivity contribution in [2.45, 2.75) is 45.4 Å². The number of primary amides is 1. The van der Waals surface area contributed by atoms with Gasteiger partial charge in [0.2, 0.25) is 0 Å². The molecule has 0 aliphatic carbocycles. The van der Waals surface area contributed by atoms with Gasteiger partial charge in [-0.3, -0.25) is 9.80 Å². The Balaban J connectivity index is 2.10. The zero-order valence-corrected chi connectivity index (χ0v) is 18.5. The van der Waals surface area contributed by atoms with Gasteiger partial charge in [-0.05, 0) is 51.5 Å². The molecule has 0 spiro atoms. The van der Waals surface area contributed by atoms with E-state index < -0.39 is 42.2 Å². The first kappa shape index (κ1) is 23.0. The van der Waals surface area contributed by atoms with Crippen LogP contribution in [-0.4, -0.2) is 65.1 Å². The number of hydrogen-bond donors (Lipinski definition) is 1. The molecule has 0 bridgehead atoms. The van der Waals surface area contributed by atoms with E-state index in [0.717, 1.165) is 6.07 Å². The maximum absolute atomic E-state index is 13.7. The maximum Gasteiger partial charge on any atom is 0.410 e. The quantitative estimate of drug-likeness (QED) is 0.710. The highest BCUT2D eigenvalue weighted by Gasteiger charge is 2.50. The van der Waals surface area contributed by atoms with Crippen LogP contribution in [0.3, 0.4) is 0 Å². The van der Waals surface area contributed by atoms with E-state index in [2.05, 4.69) is 5.10 Å². The molecule has 1 saturated heterocycles. The number of fused-ring (bicyclic) bond motifs is 1. The molecule has 0 aromatic heterocycles. The first-order chi connectivity index (χ1) is 14.4. The minimum atomic E-state index is -0.780. The summed E-state index contributed by atoms with van der Waals surface area (Å²) >= 11 is 5.93. The normalized spacial score (nSPS) is 25.6. The van der Waals surface area contributed by atoms with Crippen LogP contribution in [0.15, 0.2) is 34.4 Å². The number of benzene rings is 1. The molecule has 0 saturated carbocycles. The second kappa shape index (κ2) is 8.45. The lowest BCUT2D eigenvalue weighted by molar-refractivity contribution is -0.114. The number of halogens is 3. The van der Waals surface area contributed by atoms with Crippen LogP contribution < -0.4 is 5.73 Å². The van der Waals surface area contributed by atoms with Crippen LogP contribution in [0.1, 0.15) is 33.3 Å². The largest absolute Gasteiger partial charge is 0.444 e. The summed E-state index contributed by atoms with van der Waals surface area (Å²) in [4.78, 5) is 26.6. The Hall–Kier alpha value is -2.68. The van der Waals surface area contributed by atoms with E-state index in [1.54, 1.807) is 27.7 Å². The number of rotatable bonds is 3. The Morgan fingerprint density at radius 1 is 1.35 bits per heavy atom. The summed E-state index contributed by atoms with van der Waals surface area (Å²) in [6.07, 6.45) is -0.589. The molecular formula is C21H25ClF2N4O3. The van der Waals surface area contributed by atoms with Crippen molar-refractivity contribution < 1.29 is 23.1 Å². The van der Waals surface area contributed by atoms with Crippen LogP contribution >= 0.6 is 11.6 Å². The standard InChI is InChI=1S/C21H25ClF2N4O3/c1-11-9-27(20(30)31-21(2,3)4)10-16-15(8-23)28(16)26-18(17(11)19(25)29)12-5-6-14(24)13(22)7-12/h5-7,15-16H,8-10H2,1-4H3,(H2,25,29)/b17-11-,26-18-. The van der Waals surface area contributed by atoms with Gasteiger partial charge in [-0.1, -0.05) is 11.6 Å². The van der Waals surface area contributed by atoms with Crippen LogP contribution in [-0.2, 0) is 9.53 Å². The average molecular weight is 455 g/mol. The number of carbonyl (C=O) groups is 2. The van der Waals surface area contributed by atoms with Gasteiger partial charge in [-0.15, -0.1) is 0 Å². The van der Waals surface area contributed by atoms with Gasteiger partial charge in [0.05, 0.1) is 22.7 Å². The van der Waals surface area contributed by atoms with Gasteiger partial charge in [-0.25, -0.2) is 13.6 Å². The molecule has 2 unspecified atom stereocenters. The van der Waals surface area contributed by atoms with Crippen LogP contribution in [0.2, 0.25) is 5.02 Å². The molecule has 168 valence electrons. The third-order valence-electron chi connectivity index (χ3n) is 5.00. The van der Waals surface area contributed by atoms with E-state index in [0.29, 0.717) is 11.1 Å². The van der Waals surface area contributed by atoms with Gasteiger partial charge in [0.1, 0.15) is 23.8 Å². The number of carbonyl (C=O) groups excluding carboxylic acids is 2. The van der Waals surface area contributed by atoms with E-state index in [1.807, 2.05) is 0 Å². The predicted molar refractivity (Wildman–Crippen MR) is 113 cm³/mol. The highest BCUT2D eigenvalue weighted by atomic mass is 35.5. The molecule has 2 amide bonds. The molecule has 2 aliphatic rings. The number of hydrogen-bond acceptors (Lipinski definition) is 5. The number of nitrogens with two attached hydrogens (primary N) is 1. The number of ether oxygens (including phenoxy) is 1. The van der Waals surface area contributed by atoms with Gasteiger partial charge in [0.25, 0.3) is 5.91 Å². The van der Waals surface area contributed by atoms with E-state index >= 15 is 0 Å². The topological polar surface area (TPSA) is 88.0 Å². The molecule has 1 aromatic carbocycles. The summed E-state index contributed by atoms with van der Waals surface area (Å²) in [5.74, 6) is -1.41. The number of nitrogens with zero attached hydrogens (tertiary/aromatic N) is 3. The van der Waals surface area contributed by atoms with Crippen LogP contribution in [0.25, 0.3) is 0 Å². The summed E-state index contributed by atoms with van der Waals surface area (Å²) in [6, 6.07) is 2.94. The lowest BCUT2D eigenvalue weighted by atomic mass is 9.97. The summed E-state index contributed by atoms with van der Waals surface area (Å²) in [7, 11) is 0. The molecule has 1 aromatic rings. The molecule has 7 nitrogen and oxygen atoms in total. The third-order valence-corrected chi connectivity index (χ3v) is 5.29. The summed E-state index contributed by atoms with van der Waals surface area (Å²) in [5, 5.41) is 5.80. The molecule has 1 fully saturated rings. The van der Waals surface area contributed by atoms with Crippen LogP contribution in [0.4, 0.5) is 13.6 Å². The van der Waals surface area contributed by atoms with Crippen molar-refractivity contribution in [3.63, 3.8) is 0 Å². The summed E-state index contributed by atoms with van der Waals surface area (Å²) in [5.41, 5.74) is 5.97. The maximum atomic E-state index is 13.7. The van der Waals surface area contributed by atoms with Gasteiger partial charge < -0.3 is 15.4 Å². The fraction of sp³-hybridized carbons (Fsp3) is 0.476. The van der Waals surface area contributed by atoms with Crippen LogP contribution in [0, 0.1) is 5.82 Å². The molecule has 2 N–H and O–H groups in total. The van der Waals surface area contributed by atoms with Crippen molar-refractivity contribution in [2.24, 2.45) is 10.8 Å². The Morgan fingerprint density at radius 3 is 2.58 bits per heavy atom. The Kier molecular flexibility index (Phi) is 6.27. The highest BCUT2D eigenvalue weighted by molar-refractivity contribution is 6.32. The smallest absolute Gasteiger partial charge is 0.410 e. The molecule has 0 radical (unpaired) electrons. The van der Waals surface area contributed by atoms with E-state index in [-0.39, 0.29) is 29.4 Å². The molecule has 2 heterocycles. The number of hydrazone groups is 1. The SMILES string of the molecule is C/C1=C(C(N)=O)\C(c2ccc(F)c(Cl)c2)=N/N2C(CF)C2CN(C(=O)OC(C)(C)C)C1. The summed E-state index contributed by atoms with van der Waals surface area (Å²) < 4.78 is 32.8. The Bertz CT molecular complexity index is 974. The Morgan fingerprint density at radius 2 is 2.03 bits per heavy atom. The van der Waals surface area contributed by atoms with E-state index in [9.17, 15) is 18.4 Å². The van der Waals surface area contributed by atoms with Crippen molar-refractivity contribution in [3.05, 3.63) is 45.7 Å². The minimum Gasteiger partial charge on any atom is -0.444 e. The van der Waals surface area contributed by atoms with Gasteiger partial charge in [-0.2, -0.15) is 5.10 Å². The van der Waals surface area contributed by atoms with Gasteiger partial charge in [0, 0.05) is 18.7 Å². The minimum absolute atomic E-state index is 0.0322. The van der Waals surface area contributed by atoms with Crippen molar-refractivity contribution >= 4 is 29.3 Å². The van der Waals surface area contributed by atoms with Gasteiger partial charge >= 0.3 is 6.09 Å². The second-order valence-electron chi connectivity index (χ2n) is 8.63. The lowest BCUT2D eigenvalue weighted by Crippen LogP contribution is -2.41.